The van der Waals surface area contributed by atoms with Crippen molar-refractivity contribution in [2.24, 2.45) is 5.92 Å². The van der Waals surface area contributed by atoms with Crippen molar-refractivity contribution in [3.8, 4) is 0 Å². The van der Waals surface area contributed by atoms with E-state index in [2.05, 4.69) is 5.32 Å². The zero-order chi connectivity index (χ0) is 14.8. The molecule has 4 nitrogen and oxygen atoms in total. The highest BCUT2D eigenvalue weighted by Crippen LogP contribution is 2.33. The largest absolute Gasteiger partial charge is 0.373 e. The Bertz CT molecular complexity index is 311. The van der Waals surface area contributed by atoms with E-state index in [9.17, 15) is 4.79 Å². The fourth-order valence-electron chi connectivity index (χ4n) is 2.11. The predicted molar refractivity (Wildman–Crippen MR) is 78.6 cm³/mol. The van der Waals surface area contributed by atoms with Gasteiger partial charge in [-0.05, 0) is 13.8 Å². The maximum Gasteiger partial charge on any atom is 0.223 e. The van der Waals surface area contributed by atoms with E-state index in [1.54, 1.807) is 13.8 Å². The molecule has 1 rings (SSSR count). The Morgan fingerprint density at radius 3 is 2.11 bits per heavy atom. The third-order valence-electron chi connectivity index (χ3n) is 2.93. The van der Waals surface area contributed by atoms with Gasteiger partial charge in [0.25, 0.3) is 0 Å². The summed E-state index contributed by atoms with van der Waals surface area (Å²) >= 11 is 18.0. The van der Waals surface area contributed by atoms with Gasteiger partial charge in [0.2, 0.25) is 9.70 Å². The number of hydrogen-bond acceptors (Lipinski definition) is 3. The van der Waals surface area contributed by atoms with Gasteiger partial charge in [-0.15, -0.1) is 0 Å². The lowest BCUT2D eigenvalue weighted by Crippen LogP contribution is -2.61. The molecule has 0 radical (unpaired) electrons. The summed E-state index contributed by atoms with van der Waals surface area (Å²) in [5, 5.41) is 2.80. The summed E-state index contributed by atoms with van der Waals surface area (Å²) < 4.78 is 4.07. The molecule has 1 heterocycles. The summed E-state index contributed by atoms with van der Waals surface area (Å²) in [4.78, 5) is 13.8. The quantitative estimate of drug-likeness (QED) is 0.808. The van der Waals surface area contributed by atoms with Crippen LogP contribution >= 0.6 is 34.8 Å². The van der Waals surface area contributed by atoms with Crippen molar-refractivity contribution in [2.45, 2.75) is 49.9 Å². The van der Waals surface area contributed by atoms with Crippen molar-refractivity contribution in [1.82, 2.24) is 10.2 Å². The molecular formula is C12H21Cl3N2O2. The smallest absolute Gasteiger partial charge is 0.223 e. The first kappa shape index (κ1) is 17.3. The highest BCUT2D eigenvalue weighted by molar-refractivity contribution is 6.68. The van der Waals surface area contributed by atoms with Crippen LogP contribution < -0.4 is 5.32 Å². The number of morpholine rings is 1. The van der Waals surface area contributed by atoms with Crippen LogP contribution in [0.15, 0.2) is 0 Å². The van der Waals surface area contributed by atoms with Crippen LogP contribution in [0.25, 0.3) is 0 Å². The number of ether oxygens (including phenoxy) is 1. The minimum Gasteiger partial charge on any atom is -0.373 e. The Hall–Kier alpha value is 0.260. The Morgan fingerprint density at radius 2 is 1.74 bits per heavy atom. The second-order valence-electron chi connectivity index (χ2n) is 5.32. The molecule has 1 fully saturated rings. The number of amides is 1. The summed E-state index contributed by atoms with van der Waals surface area (Å²) in [6, 6.07) is 0. The second kappa shape index (κ2) is 6.81. The van der Waals surface area contributed by atoms with E-state index in [0.29, 0.717) is 13.1 Å². The van der Waals surface area contributed by atoms with Crippen molar-refractivity contribution in [3.63, 3.8) is 0 Å². The van der Waals surface area contributed by atoms with E-state index in [1.165, 1.54) is 0 Å². The normalized spacial score (nSPS) is 27.4. The predicted octanol–water partition coefficient (Wildman–Crippen LogP) is 2.56. The highest BCUT2D eigenvalue weighted by Gasteiger charge is 2.41. The molecule has 1 amide bonds. The van der Waals surface area contributed by atoms with Crippen LogP contribution in [0.5, 0.6) is 0 Å². The lowest BCUT2D eigenvalue weighted by molar-refractivity contribution is -0.129. The second-order valence-corrected chi connectivity index (χ2v) is 7.69. The number of alkyl halides is 3. The first-order valence-corrected chi connectivity index (χ1v) is 7.51. The molecule has 112 valence electrons. The fourth-order valence-corrected chi connectivity index (χ4v) is 2.69. The molecule has 1 aliphatic heterocycles. The average molecular weight is 332 g/mol. The fraction of sp³-hybridized carbons (Fsp3) is 0.917. The summed E-state index contributed by atoms with van der Waals surface area (Å²) in [7, 11) is 0. The van der Waals surface area contributed by atoms with Crippen LogP contribution in [0.1, 0.15) is 27.7 Å². The molecule has 0 bridgehead atoms. The van der Waals surface area contributed by atoms with Crippen LogP contribution in [0.3, 0.4) is 0 Å². The molecule has 3 atom stereocenters. The Kier molecular flexibility index (Phi) is 6.21. The monoisotopic (exact) mass is 330 g/mol. The number of carbonyl (C=O) groups is 1. The van der Waals surface area contributed by atoms with Gasteiger partial charge in [0.1, 0.15) is 6.17 Å². The van der Waals surface area contributed by atoms with E-state index >= 15 is 0 Å². The van der Waals surface area contributed by atoms with Gasteiger partial charge in [-0.3, -0.25) is 9.69 Å². The number of halogens is 3. The van der Waals surface area contributed by atoms with Crippen molar-refractivity contribution < 1.29 is 9.53 Å². The van der Waals surface area contributed by atoms with Gasteiger partial charge in [-0.25, -0.2) is 0 Å². The summed E-state index contributed by atoms with van der Waals surface area (Å²) in [5.74, 6) is -0.297. The van der Waals surface area contributed by atoms with E-state index in [1.807, 2.05) is 18.7 Å². The average Bonchev–Trinajstić information content (AvgIpc) is 2.21. The molecule has 1 N–H and O–H groups in total. The zero-order valence-electron chi connectivity index (χ0n) is 11.6. The first-order chi connectivity index (χ1) is 8.61. The van der Waals surface area contributed by atoms with Crippen molar-refractivity contribution in [3.05, 3.63) is 0 Å². The van der Waals surface area contributed by atoms with E-state index in [0.717, 1.165) is 0 Å². The molecule has 0 unspecified atom stereocenters. The maximum atomic E-state index is 11.9. The number of carbonyl (C=O) groups excluding carboxylic acids is 1. The number of nitrogens with one attached hydrogen (secondary N) is 1. The highest BCUT2D eigenvalue weighted by atomic mass is 35.6. The molecule has 0 aromatic rings. The molecule has 7 heteroatoms. The topological polar surface area (TPSA) is 41.6 Å². The SMILES string of the molecule is CC(C)C(=O)N[C@H](N1C[C@@H](C)O[C@H](C)C1)C(Cl)(Cl)Cl. The third kappa shape index (κ3) is 5.27. The molecule has 0 spiro atoms. The van der Waals surface area contributed by atoms with Crippen LogP contribution in [0.2, 0.25) is 0 Å². The third-order valence-corrected chi connectivity index (χ3v) is 3.55. The molecule has 19 heavy (non-hydrogen) atoms. The lowest BCUT2D eigenvalue weighted by atomic mass is 10.2. The van der Waals surface area contributed by atoms with Crippen LogP contribution in [0, 0.1) is 5.92 Å². The van der Waals surface area contributed by atoms with Gasteiger partial charge in [0, 0.05) is 19.0 Å². The number of hydrogen-bond donors (Lipinski definition) is 1. The molecule has 0 saturated carbocycles. The Balaban J connectivity index is 2.82. The standard InChI is InChI=1S/C12H21Cl3N2O2/c1-7(2)10(18)16-11(12(13,14)15)17-5-8(3)19-9(4)6-17/h7-9,11H,5-6H2,1-4H3,(H,16,18)/t8-,9-,11-/m1/s1. The lowest BCUT2D eigenvalue weighted by Gasteiger charge is -2.42. The zero-order valence-corrected chi connectivity index (χ0v) is 13.9. The van der Waals surface area contributed by atoms with Gasteiger partial charge < -0.3 is 10.1 Å². The molecule has 1 aliphatic rings. The molecule has 0 aromatic heterocycles. The van der Waals surface area contributed by atoms with E-state index in [-0.39, 0.29) is 24.0 Å². The van der Waals surface area contributed by atoms with Gasteiger partial charge in [-0.2, -0.15) is 0 Å². The minimum atomic E-state index is -1.58. The molecule has 0 aromatic carbocycles. The molecule has 0 aliphatic carbocycles. The van der Waals surface area contributed by atoms with Crippen LogP contribution in [-0.4, -0.2) is 46.1 Å². The van der Waals surface area contributed by atoms with E-state index in [4.69, 9.17) is 39.5 Å². The van der Waals surface area contributed by atoms with E-state index < -0.39 is 9.96 Å². The number of nitrogens with zero attached hydrogens (tertiary/aromatic N) is 1. The first-order valence-electron chi connectivity index (χ1n) is 6.38. The van der Waals surface area contributed by atoms with Crippen LogP contribution in [0.4, 0.5) is 0 Å². The van der Waals surface area contributed by atoms with Crippen molar-refractivity contribution in [2.75, 3.05) is 13.1 Å². The summed E-state index contributed by atoms with van der Waals surface area (Å²) in [6.45, 7) is 8.75. The maximum absolute atomic E-state index is 11.9. The van der Waals surface area contributed by atoms with Crippen molar-refractivity contribution >= 4 is 40.7 Å². The molecular weight excluding hydrogens is 311 g/mol. The van der Waals surface area contributed by atoms with Gasteiger partial charge >= 0.3 is 0 Å². The Morgan fingerprint density at radius 1 is 1.26 bits per heavy atom. The van der Waals surface area contributed by atoms with Crippen molar-refractivity contribution in [1.29, 1.82) is 0 Å². The summed E-state index contributed by atoms with van der Waals surface area (Å²) in [6.07, 6.45) is -0.578. The molecule has 1 saturated heterocycles. The Labute approximate surface area is 129 Å². The van der Waals surface area contributed by atoms with Gasteiger partial charge in [0.15, 0.2) is 0 Å². The summed E-state index contributed by atoms with van der Waals surface area (Å²) in [5.41, 5.74) is 0. The van der Waals surface area contributed by atoms with Gasteiger partial charge in [0.05, 0.1) is 12.2 Å². The number of rotatable bonds is 3. The minimum absolute atomic E-state index is 0.0366. The van der Waals surface area contributed by atoms with Gasteiger partial charge in [-0.1, -0.05) is 48.7 Å². The van der Waals surface area contributed by atoms with Crippen LogP contribution in [-0.2, 0) is 9.53 Å².